The van der Waals surface area contributed by atoms with Gasteiger partial charge in [-0.2, -0.15) is 11.8 Å². The van der Waals surface area contributed by atoms with Crippen LogP contribution in [0.15, 0.2) is 29.6 Å². The molecule has 4 rings (SSSR count). The van der Waals surface area contributed by atoms with Crippen LogP contribution in [0.3, 0.4) is 0 Å². The molecule has 2 saturated heterocycles. The maximum atomic E-state index is 13.0. The first-order valence-corrected chi connectivity index (χ1v) is 11.2. The number of halogens is 1. The van der Waals surface area contributed by atoms with E-state index in [9.17, 15) is 9.59 Å². The number of rotatable bonds is 4. The Morgan fingerprint density at radius 3 is 2.85 bits per heavy atom. The fraction of sp³-hybridized carbons (Fsp3) is 0.389. The van der Waals surface area contributed by atoms with E-state index in [-0.39, 0.29) is 24.4 Å². The number of amides is 3. The Hall–Kier alpha value is -1.77. The predicted molar refractivity (Wildman–Crippen MR) is 110 cm³/mol. The number of hydrogen-bond acceptors (Lipinski definition) is 5. The van der Waals surface area contributed by atoms with Gasteiger partial charge < -0.3 is 10.2 Å². The molecule has 1 aromatic carbocycles. The summed E-state index contributed by atoms with van der Waals surface area (Å²) in [6, 6.07) is 7.64. The molecule has 1 aromatic heterocycles. The molecule has 0 spiro atoms. The predicted octanol–water partition coefficient (Wildman–Crippen LogP) is 3.19. The Balaban J connectivity index is 1.47. The van der Waals surface area contributed by atoms with Gasteiger partial charge in [0.25, 0.3) is 0 Å². The zero-order valence-electron chi connectivity index (χ0n) is 14.6. The lowest BCUT2D eigenvalue weighted by molar-refractivity contribution is -0.132. The molecule has 3 heterocycles. The SMILES string of the molecule is O=C1NCCN1c1nc(CC(=O)N2CCSCC2c2ccc(Cl)cc2)cs1. The molecule has 9 heteroatoms. The van der Waals surface area contributed by atoms with E-state index in [0.29, 0.717) is 28.9 Å². The highest BCUT2D eigenvalue weighted by atomic mass is 35.5. The Bertz CT molecular complexity index is 842. The van der Waals surface area contributed by atoms with Crippen molar-refractivity contribution < 1.29 is 9.59 Å². The van der Waals surface area contributed by atoms with Crippen molar-refractivity contribution in [3.05, 3.63) is 45.9 Å². The molecule has 1 N–H and O–H groups in total. The summed E-state index contributed by atoms with van der Waals surface area (Å²) in [5.74, 6) is 1.88. The van der Waals surface area contributed by atoms with Gasteiger partial charge in [-0.15, -0.1) is 11.3 Å². The zero-order chi connectivity index (χ0) is 18.8. The summed E-state index contributed by atoms with van der Waals surface area (Å²) in [5.41, 5.74) is 1.82. The lowest BCUT2D eigenvalue weighted by atomic mass is 10.1. The van der Waals surface area contributed by atoms with E-state index in [1.807, 2.05) is 46.3 Å². The molecular formula is C18H19ClN4O2S2. The van der Waals surface area contributed by atoms with E-state index in [0.717, 1.165) is 23.6 Å². The highest BCUT2D eigenvalue weighted by Crippen LogP contribution is 2.31. The van der Waals surface area contributed by atoms with Gasteiger partial charge in [-0.05, 0) is 17.7 Å². The average molecular weight is 423 g/mol. The van der Waals surface area contributed by atoms with E-state index in [2.05, 4.69) is 10.3 Å². The molecule has 2 aliphatic rings. The minimum Gasteiger partial charge on any atom is -0.336 e. The first kappa shape index (κ1) is 18.6. The number of nitrogens with one attached hydrogen (secondary N) is 1. The monoisotopic (exact) mass is 422 g/mol. The van der Waals surface area contributed by atoms with Gasteiger partial charge in [0.15, 0.2) is 5.13 Å². The van der Waals surface area contributed by atoms with Crippen molar-refractivity contribution in [3.63, 3.8) is 0 Å². The van der Waals surface area contributed by atoms with E-state index in [4.69, 9.17) is 11.6 Å². The molecule has 1 atom stereocenters. The maximum Gasteiger partial charge on any atom is 0.323 e. The summed E-state index contributed by atoms with van der Waals surface area (Å²) >= 11 is 9.26. The Labute approximate surface area is 170 Å². The van der Waals surface area contributed by atoms with Gasteiger partial charge in [0.1, 0.15) is 0 Å². The van der Waals surface area contributed by atoms with Gasteiger partial charge in [-0.1, -0.05) is 23.7 Å². The Morgan fingerprint density at radius 1 is 1.30 bits per heavy atom. The number of thiazole rings is 1. The molecule has 2 aromatic rings. The van der Waals surface area contributed by atoms with Crippen molar-refractivity contribution in [1.82, 2.24) is 15.2 Å². The minimum atomic E-state index is -0.127. The molecule has 0 saturated carbocycles. The second-order valence-electron chi connectivity index (χ2n) is 6.41. The van der Waals surface area contributed by atoms with Gasteiger partial charge in [0.05, 0.1) is 18.2 Å². The van der Waals surface area contributed by atoms with Crippen LogP contribution < -0.4 is 10.2 Å². The van der Waals surface area contributed by atoms with Crippen molar-refractivity contribution in [3.8, 4) is 0 Å². The fourth-order valence-corrected chi connectivity index (χ4v) is 5.34. The highest BCUT2D eigenvalue weighted by molar-refractivity contribution is 7.99. The van der Waals surface area contributed by atoms with Crippen molar-refractivity contribution in [2.24, 2.45) is 0 Å². The summed E-state index contributed by atoms with van der Waals surface area (Å²) < 4.78 is 0. The summed E-state index contributed by atoms with van der Waals surface area (Å²) in [4.78, 5) is 32.8. The summed E-state index contributed by atoms with van der Waals surface area (Å²) in [5, 5.41) is 5.98. The smallest absolute Gasteiger partial charge is 0.323 e. The van der Waals surface area contributed by atoms with Gasteiger partial charge in [0.2, 0.25) is 5.91 Å². The topological polar surface area (TPSA) is 65.5 Å². The van der Waals surface area contributed by atoms with Crippen LogP contribution in [0.4, 0.5) is 9.93 Å². The van der Waals surface area contributed by atoms with E-state index in [1.54, 1.807) is 4.90 Å². The minimum absolute atomic E-state index is 0.0518. The highest BCUT2D eigenvalue weighted by Gasteiger charge is 2.29. The van der Waals surface area contributed by atoms with Crippen LogP contribution >= 0.6 is 34.7 Å². The van der Waals surface area contributed by atoms with Crippen molar-refractivity contribution in [2.45, 2.75) is 12.5 Å². The van der Waals surface area contributed by atoms with Gasteiger partial charge >= 0.3 is 6.03 Å². The number of anilines is 1. The number of thioether (sulfide) groups is 1. The molecule has 6 nitrogen and oxygen atoms in total. The number of aromatic nitrogens is 1. The van der Waals surface area contributed by atoms with Crippen LogP contribution in [0.1, 0.15) is 17.3 Å². The van der Waals surface area contributed by atoms with Gasteiger partial charge in [-0.3, -0.25) is 9.69 Å². The van der Waals surface area contributed by atoms with Crippen molar-refractivity contribution in [1.29, 1.82) is 0 Å². The summed E-state index contributed by atoms with van der Waals surface area (Å²) in [6.07, 6.45) is 0.251. The molecule has 142 valence electrons. The maximum absolute atomic E-state index is 13.0. The normalized spacial score (nSPS) is 20.0. The van der Waals surface area contributed by atoms with Gasteiger partial charge in [-0.25, -0.2) is 9.78 Å². The van der Waals surface area contributed by atoms with E-state index < -0.39 is 0 Å². The zero-order valence-corrected chi connectivity index (χ0v) is 16.9. The number of nitrogens with zero attached hydrogens (tertiary/aromatic N) is 3. The van der Waals surface area contributed by atoms with Crippen molar-refractivity contribution in [2.75, 3.05) is 36.0 Å². The fourth-order valence-electron chi connectivity index (χ4n) is 3.28. The van der Waals surface area contributed by atoms with Crippen LogP contribution in [-0.4, -0.2) is 53.0 Å². The lowest BCUT2D eigenvalue weighted by Gasteiger charge is -2.35. The number of carbonyl (C=O) groups excluding carboxylic acids is 2. The van der Waals surface area contributed by atoms with E-state index >= 15 is 0 Å². The third-order valence-electron chi connectivity index (χ3n) is 4.66. The third kappa shape index (κ3) is 4.07. The van der Waals surface area contributed by atoms with Crippen LogP contribution in [-0.2, 0) is 11.2 Å². The molecule has 2 aliphatic heterocycles. The molecule has 3 amide bonds. The Morgan fingerprint density at radius 2 is 2.11 bits per heavy atom. The number of urea groups is 1. The Kier molecular flexibility index (Phi) is 5.56. The van der Waals surface area contributed by atoms with Crippen LogP contribution in [0.5, 0.6) is 0 Å². The van der Waals surface area contributed by atoms with E-state index in [1.165, 1.54) is 11.3 Å². The van der Waals surface area contributed by atoms with Crippen LogP contribution in [0.2, 0.25) is 5.02 Å². The van der Waals surface area contributed by atoms with Crippen LogP contribution in [0.25, 0.3) is 0 Å². The molecule has 2 fully saturated rings. The number of hydrogen-bond donors (Lipinski definition) is 1. The quantitative estimate of drug-likeness (QED) is 0.821. The molecule has 0 aliphatic carbocycles. The first-order chi connectivity index (χ1) is 13.1. The molecule has 0 radical (unpaired) electrons. The molecule has 27 heavy (non-hydrogen) atoms. The van der Waals surface area contributed by atoms with Gasteiger partial charge in [0, 0.05) is 41.5 Å². The third-order valence-corrected chi connectivity index (χ3v) is 6.85. The second kappa shape index (κ2) is 8.08. The summed E-state index contributed by atoms with van der Waals surface area (Å²) in [6.45, 7) is 1.96. The average Bonchev–Trinajstić information content (AvgIpc) is 3.31. The first-order valence-electron chi connectivity index (χ1n) is 8.74. The van der Waals surface area contributed by atoms with Crippen molar-refractivity contribution >= 4 is 51.8 Å². The largest absolute Gasteiger partial charge is 0.336 e. The number of carbonyl (C=O) groups is 2. The molecule has 1 unspecified atom stereocenters. The summed E-state index contributed by atoms with van der Waals surface area (Å²) in [7, 11) is 0. The standard InChI is InChI=1S/C18H19ClN4O2S2/c19-13-3-1-12(2-4-13)15-11-26-8-7-22(15)16(24)9-14-10-27-18(21-14)23-6-5-20-17(23)25/h1-4,10,15H,5-9,11H2,(H,20,25). The number of benzene rings is 1. The second-order valence-corrected chi connectivity index (χ2v) is 8.83. The molecular weight excluding hydrogens is 404 g/mol. The molecule has 0 bridgehead atoms. The van der Waals surface area contributed by atoms with Crippen LogP contribution in [0, 0.1) is 0 Å². The lowest BCUT2D eigenvalue weighted by Crippen LogP contribution is -2.41.